The topological polar surface area (TPSA) is 71.1 Å². The third kappa shape index (κ3) is 4.78. The number of carbonyl (C=O) groups is 2. The maximum atomic E-state index is 13.7. The summed E-state index contributed by atoms with van der Waals surface area (Å²) in [5.74, 6) is 1.71. The summed E-state index contributed by atoms with van der Waals surface area (Å²) in [6.45, 7) is -0.141. The van der Waals surface area contributed by atoms with E-state index in [1.807, 2.05) is 42.5 Å². The third-order valence-electron chi connectivity index (χ3n) is 5.48. The Morgan fingerprint density at radius 1 is 0.909 bits per heavy atom. The molecule has 0 unspecified atom stereocenters. The summed E-state index contributed by atoms with van der Waals surface area (Å²) in [6.07, 6.45) is 4.61. The molecule has 0 radical (unpaired) electrons. The van der Waals surface area contributed by atoms with Crippen molar-refractivity contribution in [1.82, 2.24) is 0 Å². The van der Waals surface area contributed by atoms with Crippen molar-refractivity contribution in [2.24, 2.45) is 0 Å². The van der Waals surface area contributed by atoms with Crippen molar-refractivity contribution in [3.8, 4) is 21.9 Å². The van der Waals surface area contributed by atoms with Crippen molar-refractivity contribution < 1.29 is 28.5 Å². The number of benzene rings is 2. The molecule has 1 heterocycles. The largest absolute Gasteiger partial charge is 0.497 e. The first-order valence-electron chi connectivity index (χ1n) is 10.4. The van der Waals surface area contributed by atoms with Gasteiger partial charge in [-0.15, -0.1) is 11.3 Å². The smallest absolute Gasteiger partial charge is 0.343 e. The molecular weight excluding hydrogens is 440 g/mol. The van der Waals surface area contributed by atoms with Crippen LogP contribution in [0.2, 0.25) is 0 Å². The van der Waals surface area contributed by atoms with Crippen molar-refractivity contribution in [2.45, 2.75) is 12.8 Å². The van der Waals surface area contributed by atoms with Gasteiger partial charge >= 0.3 is 5.97 Å². The highest BCUT2D eigenvalue weighted by Gasteiger charge is 2.24. The monoisotopic (exact) mass is 464 g/mol. The molecule has 2 aromatic carbocycles. The number of allylic oxidation sites excluding steroid dienone is 4. The van der Waals surface area contributed by atoms with Crippen LogP contribution in [-0.2, 0) is 14.3 Å². The summed E-state index contributed by atoms with van der Waals surface area (Å²) in [5.41, 5.74) is 2.33. The first kappa shape index (κ1) is 22.6. The summed E-state index contributed by atoms with van der Waals surface area (Å²) in [5, 5.41) is 0.897. The highest BCUT2D eigenvalue weighted by atomic mass is 32.1. The molecule has 0 saturated heterocycles. The number of methoxy groups -OCH3 is 3. The fourth-order valence-electron chi connectivity index (χ4n) is 3.67. The van der Waals surface area contributed by atoms with Gasteiger partial charge in [-0.25, -0.2) is 4.79 Å². The molecule has 33 heavy (non-hydrogen) atoms. The molecule has 7 heteroatoms. The van der Waals surface area contributed by atoms with Crippen LogP contribution >= 0.6 is 11.3 Å². The number of rotatable bonds is 8. The Labute approximate surface area is 196 Å². The van der Waals surface area contributed by atoms with Gasteiger partial charge in [-0.2, -0.15) is 0 Å². The molecule has 4 rings (SSSR count). The number of fused-ring (bicyclic) bond motifs is 1. The standard InChI is InChI=1S/C26H24O6S/c1-29-18-8-6-17(7-9-18)26-24(21-13-12-20(30-2)14-22(21)33-26)25(28)16-4-10-19(11-5-16)32-15-23(27)31-3/h4,6-10,12-14H,5,11,15H2,1-3H3. The number of ether oxygens (including phenoxy) is 4. The quantitative estimate of drug-likeness (QED) is 0.321. The Bertz CT molecular complexity index is 1250. The van der Waals surface area contributed by atoms with Crippen LogP contribution in [0, 0.1) is 0 Å². The number of hydrogen-bond donors (Lipinski definition) is 0. The van der Waals surface area contributed by atoms with Gasteiger partial charge in [0.2, 0.25) is 0 Å². The zero-order chi connectivity index (χ0) is 23.4. The molecule has 0 saturated carbocycles. The van der Waals surface area contributed by atoms with Crippen LogP contribution in [0.3, 0.4) is 0 Å². The molecule has 0 N–H and O–H groups in total. The molecule has 1 aliphatic rings. The van der Waals surface area contributed by atoms with Crippen molar-refractivity contribution in [1.29, 1.82) is 0 Å². The average Bonchev–Trinajstić information content (AvgIpc) is 3.25. The lowest BCUT2D eigenvalue weighted by molar-refractivity contribution is -0.144. The summed E-state index contributed by atoms with van der Waals surface area (Å²) in [6, 6.07) is 13.5. The summed E-state index contributed by atoms with van der Waals surface area (Å²) in [4.78, 5) is 25.9. The van der Waals surface area contributed by atoms with Gasteiger partial charge in [-0.1, -0.05) is 6.08 Å². The molecule has 0 amide bonds. The van der Waals surface area contributed by atoms with Gasteiger partial charge in [0.15, 0.2) is 12.4 Å². The van der Waals surface area contributed by atoms with Crippen LogP contribution in [0.15, 0.2) is 65.9 Å². The molecule has 0 spiro atoms. The molecule has 1 aliphatic carbocycles. The Kier molecular flexibility index (Phi) is 6.79. The first-order valence-corrected chi connectivity index (χ1v) is 11.2. The molecule has 6 nitrogen and oxygen atoms in total. The number of carbonyl (C=O) groups excluding carboxylic acids is 2. The first-order chi connectivity index (χ1) is 16.0. The maximum absolute atomic E-state index is 13.7. The Morgan fingerprint density at radius 3 is 2.27 bits per heavy atom. The molecule has 1 aromatic heterocycles. The molecular formula is C26H24O6S. The predicted molar refractivity (Wildman–Crippen MR) is 128 cm³/mol. The number of Topliss-reactive ketones (excluding diaryl/α,β-unsaturated/α-hetero) is 1. The van der Waals surface area contributed by atoms with Gasteiger partial charge in [0.05, 0.1) is 27.1 Å². The van der Waals surface area contributed by atoms with Gasteiger partial charge < -0.3 is 18.9 Å². The van der Waals surface area contributed by atoms with Crippen LogP contribution in [0.25, 0.3) is 20.5 Å². The van der Waals surface area contributed by atoms with Crippen LogP contribution in [0.4, 0.5) is 0 Å². The van der Waals surface area contributed by atoms with E-state index in [9.17, 15) is 9.59 Å². The van der Waals surface area contributed by atoms with E-state index >= 15 is 0 Å². The van der Waals surface area contributed by atoms with Gasteiger partial charge in [0.25, 0.3) is 0 Å². The fourth-order valence-corrected chi connectivity index (χ4v) is 4.91. The highest BCUT2D eigenvalue weighted by molar-refractivity contribution is 7.22. The third-order valence-corrected chi connectivity index (χ3v) is 6.68. The molecule has 0 bridgehead atoms. The second-order valence-electron chi connectivity index (χ2n) is 7.42. The summed E-state index contributed by atoms with van der Waals surface area (Å²) >= 11 is 1.57. The van der Waals surface area contributed by atoms with Crippen molar-refractivity contribution in [2.75, 3.05) is 27.9 Å². The van der Waals surface area contributed by atoms with Gasteiger partial charge in [-0.3, -0.25) is 4.79 Å². The van der Waals surface area contributed by atoms with E-state index < -0.39 is 5.97 Å². The number of hydrogen-bond acceptors (Lipinski definition) is 7. The molecule has 3 aromatic rings. The maximum Gasteiger partial charge on any atom is 0.343 e. The van der Waals surface area contributed by atoms with Crippen LogP contribution in [0.5, 0.6) is 11.5 Å². The van der Waals surface area contributed by atoms with Crippen molar-refractivity contribution in [3.05, 3.63) is 71.5 Å². The van der Waals surface area contributed by atoms with Crippen LogP contribution < -0.4 is 9.47 Å². The molecule has 0 fully saturated rings. The van der Waals surface area contributed by atoms with Crippen LogP contribution in [-0.4, -0.2) is 39.7 Å². The van der Waals surface area contributed by atoms with E-state index in [4.69, 9.17) is 14.2 Å². The number of ketones is 1. The second-order valence-corrected chi connectivity index (χ2v) is 8.47. The summed E-state index contributed by atoms with van der Waals surface area (Å²) < 4.78 is 21.7. The second kappa shape index (κ2) is 9.92. The lowest BCUT2D eigenvalue weighted by Gasteiger charge is -2.15. The van der Waals surface area contributed by atoms with E-state index in [0.717, 1.165) is 32.0 Å². The Hall–Kier alpha value is -3.58. The van der Waals surface area contributed by atoms with Gasteiger partial charge in [0.1, 0.15) is 11.5 Å². The SMILES string of the molecule is COC(=O)COC1=CC=C(C(=O)c2c(-c3ccc(OC)cc3)sc3cc(OC)ccc23)CC1. The average molecular weight is 465 g/mol. The fraction of sp³-hybridized carbons (Fsp3) is 0.231. The van der Waals surface area contributed by atoms with Gasteiger partial charge in [0, 0.05) is 32.5 Å². The van der Waals surface area contributed by atoms with Gasteiger partial charge in [-0.05, 0) is 60.5 Å². The zero-order valence-electron chi connectivity index (χ0n) is 18.7. The Morgan fingerprint density at radius 2 is 1.64 bits per heavy atom. The minimum Gasteiger partial charge on any atom is -0.497 e. The Balaban J connectivity index is 1.72. The van der Waals surface area contributed by atoms with E-state index in [1.54, 1.807) is 37.7 Å². The predicted octanol–water partition coefficient (Wildman–Crippen LogP) is 5.56. The normalized spacial score (nSPS) is 13.2. The lowest BCUT2D eigenvalue weighted by Crippen LogP contribution is -2.12. The lowest BCUT2D eigenvalue weighted by atomic mass is 9.92. The minimum atomic E-state index is -0.439. The molecule has 170 valence electrons. The van der Waals surface area contributed by atoms with Crippen molar-refractivity contribution in [3.63, 3.8) is 0 Å². The highest BCUT2D eigenvalue weighted by Crippen LogP contribution is 2.42. The van der Waals surface area contributed by atoms with E-state index in [1.165, 1.54) is 7.11 Å². The molecule has 0 atom stereocenters. The van der Waals surface area contributed by atoms with E-state index in [2.05, 4.69) is 4.74 Å². The van der Waals surface area contributed by atoms with E-state index in [0.29, 0.717) is 29.7 Å². The molecule has 0 aliphatic heterocycles. The van der Waals surface area contributed by atoms with E-state index in [-0.39, 0.29) is 12.4 Å². The number of esters is 1. The number of thiophene rings is 1. The minimum absolute atomic E-state index is 0.0134. The van der Waals surface area contributed by atoms with Crippen LogP contribution in [0.1, 0.15) is 23.2 Å². The summed E-state index contributed by atoms with van der Waals surface area (Å²) in [7, 11) is 4.57. The van der Waals surface area contributed by atoms with Crippen molar-refractivity contribution >= 4 is 33.2 Å². The zero-order valence-corrected chi connectivity index (χ0v) is 19.5.